The highest BCUT2D eigenvalue weighted by molar-refractivity contribution is 6.13. The number of ether oxygens (including phenoxy) is 4. The van der Waals surface area contributed by atoms with Crippen LogP contribution in [0.15, 0.2) is 98.2 Å². The highest BCUT2D eigenvalue weighted by Gasteiger charge is 2.27. The number of carboxylic acid groups (broad SMARTS) is 1. The number of methoxy groups -OCH3 is 4. The van der Waals surface area contributed by atoms with Crippen molar-refractivity contribution < 1.29 is 51.2 Å². The fourth-order valence-electron chi connectivity index (χ4n) is 6.48. The molecule has 0 aliphatic rings. The molecule has 314 valence electrons. The minimum absolute atomic E-state index is 0.0214. The summed E-state index contributed by atoms with van der Waals surface area (Å²) < 4.78 is 81.7. The average molecular weight is 849 g/mol. The van der Waals surface area contributed by atoms with Crippen LogP contribution < -0.4 is 24.3 Å². The zero-order valence-electron chi connectivity index (χ0n) is 33.0. The van der Waals surface area contributed by atoms with Gasteiger partial charge in [-0.1, -0.05) is 18.2 Å². The number of aromatic carboxylic acids is 1. The maximum atomic E-state index is 15.2. The summed E-state index contributed by atoms with van der Waals surface area (Å²) in [6.07, 6.45) is 12.3. The van der Waals surface area contributed by atoms with Crippen molar-refractivity contribution in [1.29, 1.82) is 0 Å². The average Bonchev–Trinajstić information content (AvgIpc) is 3.80. The van der Waals surface area contributed by atoms with Crippen LogP contribution in [0.1, 0.15) is 26.3 Å². The molecule has 0 spiro atoms. The van der Waals surface area contributed by atoms with E-state index in [0.717, 1.165) is 17.7 Å². The number of halogens is 4. The van der Waals surface area contributed by atoms with Gasteiger partial charge >= 0.3 is 5.97 Å². The van der Waals surface area contributed by atoms with Gasteiger partial charge in [0.1, 0.15) is 16.9 Å². The largest absolute Gasteiger partial charge is 0.494 e. The van der Waals surface area contributed by atoms with Crippen LogP contribution >= 0.6 is 0 Å². The topological polar surface area (TPSA) is 186 Å². The van der Waals surface area contributed by atoms with Crippen molar-refractivity contribution in [3.05, 3.63) is 138 Å². The molecular weight excluding hydrogens is 817 g/mol. The van der Waals surface area contributed by atoms with E-state index in [0.29, 0.717) is 12.4 Å². The molecule has 0 saturated carbocycles. The number of amides is 1. The Hall–Kier alpha value is -8.22. The van der Waals surface area contributed by atoms with Gasteiger partial charge < -0.3 is 33.9 Å². The van der Waals surface area contributed by atoms with Gasteiger partial charge in [0.2, 0.25) is 0 Å². The number of anilines is 1. The second-order valence-corrected chi connectivity index (χ2v) is 12.9. The van der Waals surface area contributed by atoms with Gasteiger partial charge in [-0.15, -0.1) is 0 Å². The van der Waals surface area contributed by atoms with Crippen LogP contribution in [-0.4, -0.2) is 79.9 Å². The third-order valence-corrected chi connectivity index (χ3v) is 9.40. The summed E-state index contributed by atoms with van der Waals surface area (Å²) in [5, 5.41) is 12.0. The first-order chi connectivity index (χ1) is 30.0. The minimum atomic E-state index is -1.22. The second-order valence-electron chi connectivity index (χ2n) is 12.9. The monoisotopic (exact) mass is 848 g/mol. The highest BCUT2D eigenvalue weighted by atomic mass is 19.1. The number of aromatic nitrogens is 7. The molecule has 4 heterocycles. The van der Waals surface area contributed by atoms with Crippen molar-refractivity contribution in [2.75, 3.05) is 33.8 Å². The van der Waals surface area contributed by atoms with E-state index in [1.54, 1.807) is 24.8 Å². The van der Waals surface area contributed by atoms with Gasteiger partial charge in [0, 0.05) is 73.2 Å². The van der Waals surface area contributed by atoms with E-state index in [9.17, 15) is 23.5 Å². The Morgan fingerprint density at radius 2 is 1.08 bits per heavy atom. The highest BCUT2D eigenvalue weighted by Crippen LogP contribution is 2.41. The maximum Gasteiger partial charge on any atom is 0.337 e. The lowest BCUT2D eigenvalue weighted by Gasteiger charge is -2.15. The molecule has 0 aliphatic heterocycles. The van der Waals surface area contributed by atoms with Gasteiger partial charge in [0.15, 0.2) is 46.3 Å². The fraction of sp³-hybridized carbons (Fsp3) is 0.116. The number of rotatable bonds is 11. The number of hydrogen-bond donors (Lipinski definition) is 2. The zero-order valence-corrected chi connectivity index (χ0v) is 33.0. The van der Waals surface area contributed by atoms with E-state index in [1.165, 1.54) is 77.5 Å². The second kappa shape index (κ2) is 18.0. The van der Waals surface area contributed by atoms with Gasteiger partial charge in [-0.25, -0.2) is 32.3 Å². The third-order valence-electron chi connectivity index (χ3n) is 9.40. The van der Waals surface area contributed by atoms with E-state index in [2.05, 4.69) is 35.2 Å². The summed E-state index contributed by atoms with van der Waals surface area (Å²) in [7, 11) is 5.02. The van der Waals surface area contributed by atoms with Crippen LogP contribution in [0.3, 0.4) is 0 Å². The molecule has 1 amide bonds. The number of nitrogens with zero attached hydrogens (tertiary/aromatic N) is 7. The molecule has 0 aliphatic carbocycles. The number of pyridine rings is 1. The molecule has 0 radical (unpaired) electrons. The predicted octanol–water partition coefficient (Wildman–Crippen LogP) is 7.77. The molecule has 0 atom stereocenters. The normalized spacial score (nSPS) is 10.8. The van der Waals surface area contributed by atoms with Crippen molar-refractivity contribution in [3.63, 3.8) is 0 Å². The first-order valence-electron chi connectivity index (χ1n) is 18.1. The molecule has 0 fully saturated rings. The van der Waals surface area contributed by atoms with Crippen LogP contribution in [-0.2, 0) is 6.54 Å². The van der Waals surface area contributed by atoms with E-state index in [-0.39, 0.29) is 67.3 Å². The number of carboxylic acids is 1. The van der Waals surface area contributed by atoms with Crippen LogP contribution in [0.2, 0.25) is 0 Å². The van der Waals surface area contributed by atoms with Gasteiger partial charge in [-0.3, -0.25) is 24.7 Å². The van der Waals surface area contributed by atoms with Crippen molar-refractivity contribution in [1.82, 2.24) is 34.5 Å². The van der Waals surface area contributed by atoms with Crippen molar-refractivity contribution >= 4 is 39.8 Å². The Morgan fingerprint density at radius 1 is 0.613 bits per heavy atom. The van der Waals surface area contributed by atoms with Crippen LogP contribution in [0, 0.1) is 23.3 Å². The van der Waals surface area contributed by atoms with Crippen molar-refractivity contribution in [3.8, 4) is 45.3 Å². The fourth-order valence-corrected chi connectivity index (χ4v) is 6.48. The van der Waals surface area contributed by atoms with Crippen molar-refractivity contribution in [2.45, 2.75) is 6.54 Å². The Bertz CT molecular complexity index is 2920. The molecule has 19 heteroatoms. The predicted molar refractivity (Wildman–Crippen MR) is 216 cm³/mol. The lowest BCUT2D eigenvalue weighted by Crippen LogP contribution is -2.14. The van der Waals surface area contributed by atoms with Crippen LogP contribution in [0.5, 0.6) is 23.0 Å². The quantitative estimate of drug-likeness (QED) is 0.120. The van der Waals surface area contributed by atoms with E-state index >= 15 is 8.78 Å². The number of imidazole rings is 1. The summed E-state index contributed by atoms with van der Waals surface area (Å²) >= 11 is 0. The maximum absolute atomic E-state index is 15.2. The number of carbonyl (C=O) groups is 2. The van der Waals surface area contributed by atoms with Gasteiger partial charge in [-0.05, 0) is 23.8 Å². The van der Waals surface area contributed by atoms with E-state index in [1.807, 2.05) is 16.8 Å². The molecule has 62 heavy (non-hydrogen) atoms. The first kappa shape index (κ1) is 41.9. The summed E-state index contributed by atoms with van der Waals surface area (Å²) in [6, 6.07) is 11.1. The van der Waals surface area contributed by atoms with Crippen LogP contribution in [0.4, 0.5) is 23.4 Å². The van der Waals surface area contributed by atoms with Crippen LogP contribution in [0.25, 0.3) is 44.3 Å². The molecule has 8 rings (SSSR count). The minimum Gasteiger partial charge on any atom is -0.494 e. The molecule has 4 aromatic heterocycles. The van der Waals surface area contributed by atoms with Gasteiger partial charge in [0.05, 0.1) is 68.1 Å². The number of nitrogens with one attached hydrogen (secondary N) is 1. The van der Waals surface area contributed by atoms with Gasteiger partial charge in [0.25, 0.3) is 5.91 Å². The SMILES string of the molecule is COc1cc(OC)c(F)c(-c2ccc(C(=O)Nc3ccc(Cn4ccnc4)cn3)c3nccnc23)c1F.COc1cc(OC)c(F)c(-c2ccc(C(=O)O)c3nccnc23)c1F. The van der Waals surface area contributed by atoms with Gasteiger partial charge in [-0.2, -0.15) is 0 Å². The smallest absolute Gasteiger partial charge is 0.337 e. The number of carbonyl (C=O) groups excluding carboxylic acids is 1. The standard InChI is InChI=1S/C26H20F2N6O3.C17H12F2N2O4/c1-36-18-11-19(37-2)23(28)21(22(18)27)16-4-5-17(25-24(16)30-7-8-31-25)26(35)33-20-6-3-15(12-32-20)13-34-10-9-29-14-34;1-24-10-7-11(25-2)14(19)12(13(10)18)8-3-4-9(17(22)23)16-15(8)20-5-6-21-16/h3-12,14H,13H2,1-2H3,(H,32,33,35);3-7H,1-2H3,(H,22,23). The molecule has 8 aromatic rings. The molecule has 2 N–H and O–H groups in total. The Morgan fingerprint density at radius 3 is 1.50 bits per heavy atom. The molecule has 0 unspecified atom stereocenters. The Balaban J connectivity index is 0.000000201. The van der Waals surface area contributed by atoms with E-state index in [4.69, 9.17) is 18.9 Å². The summed E-state index contributed by atoms with van der Waals surface area (Å²) in [5.74, 6) is -5.97. The molecule has 15 nitrogen and oxygen atoms in total. The number of benzene rings is 4. The molecule has 0 saturated heterocycles. The summed E-state index contributed by atoms with van der Waals surface area (Å²) in [4.78, 5) is 49.4. The zero-order chi connectivity index (χ0) is 44.1. The lowest BCUT2D eigenvalue weighted by atomic mass is 9.98. The Labute approximate surface area is 348 Å². The number of hydrogen-bond acceptors (Lipinski definition) is 12. The third kappa shape index (κ3) is 8.05. The summed E-state index contributed by atoms with van der Waals surface area (Å²) in [6.45, 7) is 0.588. The molecule has 4 aromatic carbocycles. The molecular formula is C43H32F4N8O7. The first-order valence-corrected chi connectivity index (χ1v) is 18.1. The Kier molecular flexibility index (Phi) is 12.1. The van der Waals surface area contributed by atoms with Crippen molar-refractivity contribution in [2.24, 2.45) is 0 Å². The number of fused-ring (bicyclic) bond motifs is 2. The summed E-state index contributed by atoms with van der Waals surface area (Å²) in [5.41, 5.74) is 0.630. The lowest BCUT2D eigenvalue weighted by molar-refractivity contribution is 0.0698. The molecule has 0 bridgehead atoms. The van der Waals surface area contributed by atoms with E-state index < -0.39 is 46.3 Å².